The van der Waals surface area contributed by atoms with Gasteiger partial charge in [0.15, 0.2) is 10.3 Å². The van der Waals surface area contributed by atoms with Crippen LogP contribution in [0.1, 0.15) is 21.5 Å². The fourth-order valence-electron chi connectivity index (χ4n) is 1.48. The van der Waals surface area contributed by atoms with Crippen LogP contribution in [-0.2, 0) is 6.54 Å². The van der Waals surface area contributed by atoms with E-state index >= 15 is 0 Å². The molecule has 19 heavy (non-hydrogen) atoms. The van der Waals surface area contributed by atoms with Crippen molar-refractivity contribution in [2.75, 3.05) is 0 Å². The zero-order chi connectivity index (χ0) is 13.8. The molecular formula is C12H10Cl2N4O. The zero-order valence-electron chi connectivity index (χ0n) is 10.0. The maximum absolute atomic E-state index is 12.0. The summed E-state index contributed by atoms with van der Waals surface area (Å²) in [6, 6.07) is 3.22. The van der Waals surface area contributed by atoms with E-state index in [2.05, 4.69) is 20.5 Å². The average molecular weight is 297 g/mol. The summed E-state index contributed by atoms with van der Waals surface area (Å²) >= 11 is 11.5. The summed E-state index contributed by atoms with van der Waals surface area (Å²) < 4.78 is 0. The third-order valence-electron chi connectivity index (χ3n) is 2.54. The van der Waals surface area contributed by atoms with Gasteiger partial charge in [-0.25, -0.2) is 0 Å². The largest absolute Gasteiger partial charge is 0.348 e. The van der Waals surface area contributed by atoms with Crippen LogP contribution in [0.4, 0.5) is 0 Å². The molecule has 2 rings (SSSR count). The fraction of sp³-hybridized carbons (Fsp3) is 0.167. The summed E-state index contributed by atoms with van der Waals surface area (Å²) in [4.78, 5) is 16.0. The van der Waals surface area contributed by atoms with E-state index < -0.39 is 0 Å². The van der Waals surface area contributed by atoms with Gasteiger partial charge < -0.3 is 5.32 Å². The molecule has 0 saturated carbocycles. The van der Waals surface area contributed by atoms with Crippen LogP contribution in [0.5, 0.6) is 0 Å². The Morgan fingerprint density at radius 2 is 2.16 bits per heavy atom. The molecule has 0 unspecified atom stereocenters. The van der Waals surface area contributed by atoms with Gasteiger partial charge in [0.2, 0.25) is 0 Å². The van der Waals surface area contributed by atoms with Crippen molar-refractivity contribution in [3.8, 4) is 0 Å². The Kier molecular flexibility index (Phi) is 4.29. The molecule has 2 aromatic heterocycles. The van der Waals surface area contributed by atoms with Gasteiger partial charge in [-0.05, 0) is 30.2 Å². The van der Waals surface area contributed by atoms with Crippen molar-refractivity contribution in [2.24, 2.45) is 0 Å². The van der Waals surface area contributed by atoms with Crippen LogP contribution in [0, 0.1) is 6.92 Å². The molecule has 0 fully saturated rings. The van der Waals surface area contributed by atoms with E-state index in [1.54, 1.807) is 12.4 Å². The Labute approximate surface area is 120 Å². The predicted octanol–water partition coefficient (Wildman–Crippen LogP) is 2.42. The van der Waals surface area contributed by atoms with Gasteiger partial charge >= 0.3 is 0 Å². The van der Waals surface area contributed by atoms with E-state index in [0.29, 0.717) is 6.54 Å². The molecule has 0 bridgehead atoms. The molecule has 1 N–H and O–H groups in total. The SMILES string of the molecule is Cc1cnccc1CNC(=O)c1cc(Cl)nnc1Cl. The van der Waals surface area contributed by atoms with Gasteiger partial charge in [0.05, 0.1) is 5.56 Å². The number of nitrogens with one attached hydrogen (secondary N) is 1. The number of aromatic nitrogens is 3. The van der Waals surface area contributed by atoms with Gasteiger partial charge in [-0.15, -0.1) is 10.2 Å². The first-order chi connectivity index (χ1) is 9.08. The van der Waals surface area contributed by atoms with Gasteiger partial charge in [-0.1, -0.05) is 23.2 Å². The molecule has 98 valence electrons. The molecule has 0 aliphatic rings. The number of halogens is 2. The van der Waals surface area contributed by atoms with E-state index in [1.165, 1.54) is 6.07 Å². The first-order valence-corrected chi connectivity index (χ1v) is 6.20. The first-order valence-electron chi connectivity index (χ1n) is 5.44. The second-order valence-electron chi connectivity index (χ2n) is 3.86. The summed E-state index contributed by atoms with van der Waals surface area (Å²) in [6.07, 6.45) is 3.41. The molecular weight excluding hydrogens is 287 g/mol. The van der Waals surface area contributed by atoms with Crippen molar-refractivity contribution in [2.45, 2.75) is 13.5 Å². The van der Waals surface area contributed by atoms with E-state index in [-0.39, 0.29) is 21.8 Å². The number of rotatable bonds is 3. The lowest BCUT2D eigenvalue weighted by atomic mass is 10.1. The summed E-state index contributed by atoms with van der Waals surface area (Å²) in [7, 11) is 0. The summed E-state index contributed by atoms with van der Waals surface area (Å²) in [6.45, 7) is 2.30. The van der Waals surface area contributed by atoms with Crippen molar-refractivity contribution in [3.05, 3.63) is 51.5 Å². The van der Waals surface area contributed by atoms with Crippen LogP contribution in [0.3, 0.4) is 0 Å². The van der Waals surface area contributed by atoms with E-state index in [1.807, 2.05) is 13.0 Å². The maximum atomic E-state index is 12.0. The molecule has 2 aromatic rings. The maximum Gasteiger partial charge on any atom is 0.254 e. The van der Waals surface area contributed by atoms with Crippen LogP contribution in [0.25, 0.3) is 0 Å². The molecule has 1 amide bonds. The van der Waals surface area contributed by atoms with Crippen molar-refractivity contribution in [3.63, 3.8) is 0 Å². The number of carbonyl (C=O) groups excluding carboxylic acids is 1. The number of hydrogen-bond donors (Lipinski definition) is 1. The molecule has 0 aromatic carbocycles. The van der Waals surface area contributed by atoms with Crippen molar-refractivity contribution in [1.82, 2.24) is 20.5 Å². The molecule has 5 nitrogen and oxygen atoms in total. The van der Waals surface area contributed by atoms with Crippen LogP contribution in [0.2, 0.25) is 10.3 Å². The normalized spacial score (nSPS) is 10.3. The van der Waals surface area contributed by atoms with Crippen molar-refractivity contribution < 1.29 is 4.79 Å². The fourth-order valence-corrected chi connectivity index (χ4v) is 1.81. The summed E-state index contributed by atoms with van der Waals surface area (Å²) in [5, 5.41) is 10.0. The first kappa shape index (κ1) is 13.7. The average Bonchev–Trinajstić information content (AvgIpc) is 2.40. The number of aryl methyl sites for hydroxylation is 1. The highest BCUT2D eigenvalue weighted by Crippen LogP contribution is 2.15. The number of amides is 1. The van der Waals surface area contributed by atoms with E-state index in [0.717, 1.165) is 11.1 Å². The van der Waals surface area contributed by atoms with Gasteiger partial charge in [-0.3, -0.25) is 9.78 Å². The quantitative estimate of drug-likeness (QED) is 0.944. The molecule has 2 heterocycles. The molecule has 0 radical (unpaired) electrons. The van der Waals surface area contributed by atoms with Crippen molar-refractivity contribution in [1.29, 1.82) is 0 Å². The minimum atomic E-state index is -0.349. The minimum Gasteiger partial charge on any atom is -0.348 e. The van der Waals surface area contributed by atoms with E-state index in [4.69, 9.17) is 23.2 Å². The van der Waals surface area contributed by atoms with Crippen LogP contribution in [-0.4, -0.2) is 21.1 Å². The topological polar surface area (TPSA) is 67.8 Å². The third kappa shape index (κ3) is 3.39. The minimum absolute atomic E-state index is 0.0216. The monoisotopic (exact) mass is 296 g/mol. The second kappa shape index (κ2) is 5.95. The molecule has 7 heteroatoms. The highest BCUT2D eigenvalue weighted by atomic mass is 35.5. The number of nitrogens with zero attached hydrogens (tertiary/aromatic N) is 3. The predicted molar refractivity (Wildman–Crippen MR) is 72.2 cm³/mol. The van der Waals surface area contributed by atoms with E-state index in [9.17, 15) is 4.79 Å². The molecule has 0 atom stereocenters. The lowest BCUT2D eigenvalue weighted by molar-refractivity contribution is 0.0950. The standard InChI is InChI=1S/C12H10Cl2N4O/c1-7-5-15-3-2-8(7)6-16-12(19)9-4-10(13)17-18-11(9)14/h2-5H,6H2,1H3,(H,16,19). The highest BCUT2D eigenvalue weighted by Gasteiger charge is 2.13. The Bertz CT molecular complexity index is 618. The van der Waals surface area contributed by atoms with Crippen LogP contribution in [0.15, 0.2) is 24.5 Å². The van der Waals surface area contributed by atoms with Gasteiger partial charge in [0, 0.05) is 18.9 Å². The van der Waals surface area contributed by atoms with Crippen LogP contribution < -0.4 is 5.32 Å². The highest BCUT2D eigenvalue weighted by molar-refractivity contribution is 6.34. The number of pyridine rings is 1. The van der Waals surface area contributed by atoms with Gasteiger partial charge in [0.1, 0.15) is 0 Å². The summed E-state index contributed by atoms with van der Waals surface area (Å²) in [5.74, 6) is -0.349. The Morgan fingerprint density at radius 1 is 1.37 bits per heavy atom. The lowest BCUT2D eigenvalue weighted by Crippen LogP contribution is -2.24. The lowest BCUT2D eigenvalue weighted by Gasteiger charge is -2.08. The Balaban J connectivity index is 2.10. The molecule has 0 saturated heterocycles. The molecule has 0 aliphatic carbocycles. The van der Waals surface area contributed by atoms with Gasteiger partial charge in [0.25, 0.3) is 5.91 Å². The Hall–Kier alpha value is -1.72. The second-order valence-corrected chi connectivity index (χ2v) is 4.60. The molecule has 0 aliphatic heterocycles. The smallest absolute Gasteiger partial charge is 0.254 e. The van der Waals surface area contributed by atoms with Crippen molar-refractivity contribution >= 4 is 29.1 Å². The number of carbonyl (C=O) groups is 1. The molecule has 0 spiro atoms. The summed E-state index contributed by atoms with van der Waals surface area (Å²) in [5.41, 5.74) is 2.18. The third-order valence-corrected chi connectivity index (χ3v) is 3.00. The number of hydrogen-bond acceptors (Lipinski definition) is 4. The zero-order valence-corrected chi connectivity index (χ0v) is 11.5. The van der Waals surface area contributed by atoms with Gasteiger partial charge in [-0.2, -0.15) is 0 Å². The Morgan fingerprint density at radius 3 is 2.89 bits per heavy atom. The van der Waals surface area contributed by atoms with Crippen LogP contribution >= 0.6 is 23.2 Å².